The van der Waals surface area contributed by atoms with Crippen molar-refractivity contribution in [1.82, 2.24) is 0 Å². The van der Waals surface area contributed by atoms with Crippen LogP contribution in [-0.4, -0.2) is 6.21 Å². The molecule has 2 saturated carbocycles. The number of nitrogens with zero attached hydrogens (tertiary/aromatic N) is 1. The fraction of sp³-hybridized carbons (Fsp3) is 0.567. The Labute approximate surface area is 195 Å². The molecule has 2 aromatic rings. The predicted molar refractivity (Wildman–Crippen MR) is 139 cm³/mol. The normalized spacial score (nSPS) is 26.4. The van der Waals surface area contributed by atoms with Crippen LogP contribution in [0.2, 0.25) is 0 Å². The topological polar surface area (TPSA) is 38.4 Å². The van der Waals surface area contributed by atoms with Crippen molar-refractivity contribution in [1.29, 1.82) is 0 Å². The summed E-state index contributed by atoms with van der Waals surface area (Å²) < 4.78 is 0. The van der Waals surface area contributed by atoms with Gasteiger partial charge in [-0.15, -0.1) is 0 Å². The van der Waals surface area contributed by atoms with E-state index in [1.807, 2.05) is 30.5 Å². The second kappa shape index (κ2) is 11.7. The largest absolute Gasteiger partial charge is 0.399 e. The van der Waals surface area contributed by atoms with Crippen LogP contribution in [0, 0.1) is 17.8 Å². The third kappa shape index (κ3) is 6.47. The van der Waals surface area contributed by atoms with Crippen molar-refractivity contribution < 1.29 is 0 Å². The summed E-state index contributed by atoms with van der Waals surface area (Å²) in [6.07, 6.45) is 19.3. The molecule has 0 atom stereocenters. The second-order valence-electron chi connectivity index (χ2n) is 10.4. The number of hydrogen-bond acceptors (Lipinski definition) is 2. The molecule has 32 heavy (non-hydrogen) atoms. The molecule has 0 unspecified atom stereocenters. The van der Waals surface area contributed by atoms with Gasteiger partial charge in [-0.3, -0.25) is 4.99 Å². The van der Waals surface area contributed by atoms with Crippen molar-refractivity contribution in [2.45, 2.75) is 89.9 Å². The van der Waals surface area contributed by atoms with E-state index in [2.05, 4.69) is 36.2 Å². The first-order valence-corrected chi connectivity index (χ1v) is 13.2. The summed E-state index contributed by atoms with van der Waals surface area (Å²) >= 11 is 0. The van der Waals surface area contributed by atoms with Crippen molar-refractivity contribution >= 4 is 17.6 Å². The molecular weight excluding hydrogens is 388 g/mol. The molecule has 0 heterocycles. The van der Waals surface area contributed by atoms with Crippen molar-refractivity contribution in [3.05, 3.63) is 59.7 Å². The first-order chi connectivity index (χ1) is 15.7. The number of nitrogens with two attached hydrogens (primary N) is 1. The van der Waals surface area contributed by atoms with Crippen LogP contribution < -0.4 is 5.73 Å². The summed E-state index contributed by atoms with van der Waals surface area (Å²) in [4.78, 5) is 4.62. The van der Waals surface area contributed by atoms with Gasteiger partial charge in [0.15, 0.2) is 0 Å². The number of benzene rings is 2. The van der Waals surface area contributed by atoms with Gasteiger partial charge in [0, 0.05) is 11.9 Å². The summed E-state index contributed by atoms with van der Waals surface area (Å²) in [5.41, 5.74) is 10.2. The van der Waals surface area contributed by atoms with Crippen molar-refractivity contribution in [3.8, 4) is 0 Å². The van der Waals surface area contributed by atoms with Gasteiger partial charge < -0.3 is 5.73 Å². The van der Waals surface area contributed by atoms with E-state index in [4.69, 9.17) is 5.73 Å². The molecule has 0 aliphatic heterocycles. The zero-order chi connectivity index (χ0) is 22.2. The van der Waals surface area contributed by atoms with E-state index < -0.39 is 0 Å². The molecule has 0 radical (unpaired) electrons. The van der Waals surface area contributed by atoms with Crippen LogP contribution in [-0.2, 0) is 0 Å². The fourth-order valence-electron chi connectivity index (χ4n) is 6.20. The smallest absolute Gasteiger partial charge is 0.0650 e. The Balaban J connectivity index is 1.26. The Kier molecular flexibility index (Phi) is 8.42. The average Bonchev–Trinajstić information content (AvgIpc) is 2.84. The van der Waals surface area contributed by atoms with Crippen molar-refractivity contribution in [2.75, 3.05) is 5.73 Å². The van der Waals surface area contributed by atoms with Gasteiger partial charge in [0.2, 0.25) is 0 Å². The number of aliphatic imine (C=N–C) groups is 1. The molecule has 4 rings (SSSR count). The number of unbranched alkanes of at least 4 members (excludes halogenated alkanes) is 2. The molecule has 0 bridgehead atoms. The van der Waals surface area contributed by atoms with Gasteiger partial charge in [0.25, 0.3) is 0 Å². The number of nitrogen functional groups attached to an aromatic ring is 1. The highest BCUT2D eigenvalue weighted by atomic mass is 14.7. The number of hydrogen-bond donors (Lipinski definition) is 1. The first-order valence-electron chi connectivity index (χ1n) is 13.2. The van der Waals surface area contributed by atoms with Crippen LogP contribution in [0.4, 0.5) is 11.4 Å². The van der Waals surface area contributed by atoms with Crippen LogP contribution in [0.5, 0.6) is 0 Å². The summed E-state index contributed by atoms with van der Waals surface area (Å²) in [6, 6.07) is 16.8. The Hall–Kier alpha value is -2.09. The molecule has 172 valence electrons. The summed E-state index contributed by atoms with van der Waals surface area (Å²) in [5.74, 6) is 3.74. The Morgan fingerprint density at radius 3 is 2.28 bits per heavy atom. The van der Waals surface area contributed by atoms with E-state index in [-0.39, 0.29) is 0 Å². The SMILES string of the molecule is CCCCCC1CCC(C2CCC(c3cccc(C=Nc4cccc(N)c4)c3)CC2)CC1. The van der Waals surface area contributed by atoms with Gasteiger partial charge >= 0.3 is 0 Å². The highest BCUT2D eigenvalue weighted by Gasteiger charge is 2.31. The van der Waals surface area contributed by atoms with E-state index in [1.54, 1.807) is 0 Å². The maximum Gasteiger partial charge on any atom is 0.0650 e. The van der Waals surface area contributed by atoms with Gasteiger partial charge in [0.05, 0.1) is 5.69 Å². The molecule has 2 fully saturated rings. The van der Waals surface area contributed by atoms with Crippen LogP contribution in [0.15, 0.2) is 53.5 Å². The number of anilines is 1. The van der Waals surface area contributed by atoms with Gasteiger partial charge in [-0.1, -0.05) is 69.7 Å². The van der Waals surface area contributed by atoms with Gasteiger partial charge in [-0.25, -0.2) is 0 Å². The van der Waals surface area contributed by atoms with E-state index in [9.17, 15) is 0 Å². The molecule has 2 aliphatic rings. The van der Waals surface area contributed by atoms with Crippen molar-refractivity contribution in [3.63, 3.8) is 0 Å². The fourth-order valence-corrected chi connectivity index (χ4v) is 6.20. The molecular formula is C30H42N2. The van der Waals surface area contributed by atoms with Crippen molar-refractivity contribution in [2.24, 2.45) is 22.7 Å². The predicted octanol–water partition coefficient (Wildman–Crippen LogP) is 8.68. The van der Waals surface area contributed by atoms with Gasteiger partial charge in [-0.2, -0.15) is 0 Å². The summed E-state index contributed by atoms with van der Waals surface area (Å²) in [6.45, 7) is 2.32. The Morgan fingerprint density at radius 2 is 1.56 bits per heavy atom. The van der Waals surface area contributed by atoms with Gasteiger partial charge in [-0.05, 0) is 97.6 Å². The van der Waals surface area contributed by atoms with Crippen LogP contribution in [0.1, 0.15) is 101 Å². The minimum Gasteiger partial charge on any atom is -0.399 e. The number of rotatable bonds is 8. The van der Waals surface area contributed by atoms with Crippen LogP contribution in [0.25, 0.3) is 0 Å². The molecule has 0 amide bonds. The highest BCUT2D eigenvalue weighted by molar-refractivity contribution is 5.82. The Morgan fingerprint density at radius 1 is 0.844 bits per heavy atom. The second-order valence-corrected chi connectivity index (χ2v) is 10.4. The molecule has 2 aromatic carbocycles. The minimum absolute atomic E-state index is 0.720. The summed E-state index contributed by atoms with van der Waals surface area (Å²) in [7, 11) is 0. The monoisotopic (exact) mass is 430 g/mol. The van der Waals surface area contributed by atoms with E-state index in [0.29, 0.717) is 0 Å². The Bertz CT molecular complexity index is 855. The molecule has 2 nitrogen and oxygen atoms in total. The lowest BCUT2D eigenvalue weighted by atomic mass is 9.68. The van der Waals surface area contributed by atoms with Crippen LogP contribution >= 0.6 is 0 Å². The standard InChI is InChI=1S/C30H42N2/c1-2-3-4-7-23-12-14-25(15-13-23)26-16-18-27(19-17-26)28-9-5-8-24(20-28)22-32-30-11-6-10-29(31)21-30/h5-6,8-11,20-23,25-27H,2-4,7,12-19,31H2,1H3. The molecule has 2 heteroatoms. The molecule has 0 spiro atoms. The van der Waals surface area contributed by atoms with Crippen LogP contribution in [0.3, 0.4) is 0 Å². The van der Waals surface area contributed by atoms with Gasteiger partial charge in [0.1, 0.15) is 0 Å². The van der Waals surface area contributed by atoms with E-state index in [0.717, 1.165) is 35.0 Å². The molecule has 2 aliphatic carbocycles. The molecule has 0 saturated heterocycles. The van der Waals surface area contributed by atoms with E-state index >= 15 is 0 Å². The third-order valence-electron chi connectivity index (χ3n) is 8.16. The lowest BCUT2D eigenvalue weighted by Crippen LogP contribution is -2.25. The quantitative estimate of drug-likeness (QED) is 0.254. The maximum atomic E-state index is 5.87. The zero-order valence-electron chi connectivity index (χ0n) is 20.0. The lowest BCUT2D eigenvalue weighted by molar-refractivity contribution is 0.155. The molecule has 2 N–H and O–H groups in total. The summed E-state index contributed by atoms with van der Waals surface area (Å²) in [5, 5.41) is 0. The maximum absolute atomic E-state index is 5.87. The average molecular weight is 431 g/mol. The molecule has 0 aromatic heterocycles. The first kappa shape index (κ1) is 23.1. The van der Waals surface area contributed by atoms with E-state index in [1.165, 1.54) is 88.2 Å². The zero-order valence-corrected chi connectivity index (χ0v) is 20.0. The minimum atomic E-state index is 0.720. The lowest BCUT2D eigenvalue weighted by Gasteiger charge is -2.38. The third-order valence-corrected chi connectivity index (χ3v) is 8.16. The highest BCUT2D eigenvalue weighted by Crippen LogP contribution is 2.44.